The number of hydrogen-bond donors (Lipinski definition) is 0. The second-order valence-electron chi connectivity index (χ2n) is 6.23. The fourth-order valence-corrected chi connectivity index (χ4v) is 3.35. The molecule has 1 aliphatic heterocycles. The van der Waals surface area contributed by atoms with E-state index < -0.39 is 0 Å². The molecule has 1 aliphatic carbocycles. The molecule has 1 aromatic carbocycles. The van der Waals surface area contributed by atoms with Crippen molar-refractivity contribution in [2.24, 2.45) is 0 Å². The molecule has 20 heavy (non-hydrogen) atoms. The topological polar surface area (TPSA) is 12.5 Å². The molecule has 0 amide bonds. The van der Waals surface area contributed by atoms with Gasteiger partial charge in [0.15, 0.2) is 0 Å². The van der Waals surface area contributed by atoms with Gasteiger partial charge in [-0.15, -0.1) is 0 Å². The molecule has 0 saturated carbocycles. The van der Waals surface area contributed by atoms with Gasteiger partial charge >= 0.3 is 0 Å². The van der Waals surface area contributed by atoms with Gasteiger partial charge < -0.3 is 9.64 Å². The smallest absolute Gasteiger partial charge is 0.103 e. The Morgan fingerprint density at radius 1 is 1.20 bits per heavy atom. The first kappa shape index (κ1) is 13.7. The molecule has 2 heteroatoms. The molecule has 108 valence electrons. The van der Waals surface area contributed by atoms with Crippen LogP contribution in [0.5, 0.6) is 0 Å². The maximum atomic E-state index is 6.17. The Morgan fingerprint density at radius 3 is 2.70 bits per heavy atom. The summed E-state index contributed by atoms with van der Waals surface area (Å²) in [6.45, 7) is 4.21. The van der Waals surface area contributed by atoms with Crippen LogP contribution >= 0.6 is 0 Å². The average Bonchev–Trinajstić information content (AvgIpc) is 3.06. The van der Waals surface area contributed by atoms with Crippen LogP contribution < -0.4 is 0 Å². The van der Waals surface area contributed by atoms with Gasteiger partial charge in [0.2, 0.25) is 0 Å². The summed E-state index contributed by atoms with van der Waals surface area (Å²) in [6, 6.07) is 9.52. The van der Waals surface area contributed by atoms with Gasteiger partial charge in [0.1, 0.15) is 6.61 Å². The highest BCUT2D eigenvalue weighted by Gasteiger charge is 2.26. The summed E-state index contributed by atoms with van der Waals surface area (Å²) in [5.41, 5.74) is 2.73. The van der Waals surface area contributed by atoms with Crippen molar-refractivity contribution >= 4 is 0 Å². The quantitative estimate of drug-likeness (QED) is 0.824. The lowest BCUT2D eigenvalue weighted by Gasteiger charge is -2.23. The normalized spacial score (nSPS) is 26.8. The van der Waals surface area contributed by atoms with Crippen molar-refractivity contribution in [3.8, 4) is 0 Å². The lowest BCUT2D eigenvalue weighted by molar-refractivity contribution is 0.131. The first-order chi connectivity index (χ1) is 9.74. The van der Waals surface area contributed by atoms with Crippen LogP contribution in [0, 0.1) is 6.92 Å². The zero-order valence-electron chi connectivity index (χ0n) is 12.6. The summed E-state index contributed by atoms with van der Waals surface area (Å²) < 4.78 is 6.17. The summed E-state index contributed by atoms with van der Waals surface area (Å²) in [7, 11) is 2.21. The summed E-state index contributed by atoms with van der Waals surface area (Å²) in [5, 5.41) is 0. The monoisotopic (exact) mass is 271 g/mol. The van der Waals surface area contributed by atoms with E-state index in [4.69, 9.17) is 4.74 Å². The molecule has 0 spiro atoms. The second-order valence-corrected chi connectivity index (χ2v) is 6.23. The molecule has 0 N–H and O–H groups in total. The number of allylic oxidation sites excluding steroid dienone is 2. The molecule has 1 aromatic rings. The summed E-state index contributed by atoms with van der Waals surface area (Å²) in [4.78, 5) is 2.43. The van der Waals surface area contributed by atoms with E-state index >= 15 is 0 Å². The number of nitrogens with zero attached hydrogens (tertiary/aromatic N) is 1. The number of likely N-dealkylation sites (N-methyl/N-ethyl adjacent to an activating group) is 1. The van der Waals surface area contributed by atoms with Crippen LogP contribution in [-0.4, -0.2) is 31.1 Å². The first-order valence-electron chi connectivity index (χ1n) is 7.83. The predicted octanol–water partition coefficient (Wildman–Crippen LogP) is 3.87. The van der Waals surface area contributed by atoms with Gasteiger partial charge in [0, 0.05) is 12.0 Å². The lowest BCUT2D eigenvalue weighted by atomic mass is 9.96. The van der Waals surface area contributed by atoms with E-state index in [0.717, 1.165) is 13.0 Å². The fraction of sp³-hybridized carbons (Fsp3) is 0.556. The van der Waals surface area contributed by atoms with Gasteiger partial charge in [0.25, 0.3) is 0 Å². The Bertz CT molecular complexity index is 477. The maximum Gasteiger partial charge on any atom is 0.103 e. The third-order valence-electron chi connectivity index (χ3n) is 4.74. The van der Waals surface area contributed by atoms with E-state index in [1.807, 2.05) is 0 Å². The SMILES string of the molecule is Cc1ccc([C@H]2CCC=C2OC[C@@H]2CCCN2C)cc1. The number of ether oxygens (including phenoxy) is 1. The Morgan fingerprint density at radius 2 is 2.00 bits per heavy atom. The minimum atomic E-state index is 0.474. The number of benzene rings is 1. The minimum Gasteiger partial charge on any atom is -0.496 e. The lowest BCUT2D eigenvalue weighted by Crippen LogP contribution is -2.29. The van der Waals surface area contributed by atoms with E-state index in [-0.39, 0.29) is 0 Å². The van der Waals surface area contributed by atoms with Crippen molar-refractivity contribution in [3.63, 3.8) is 0 Å². The van der Waals surface area contributed by atoms with Crippen molar-refractivity contribution in [1.29, 1.82) is 0 Å². The third kappa shape index (κ3) is 2.90. The van der Waals surface area contributed by atoms with Crippen molar-refractivity contribution in [2.45, 2.75) is 44.6 Å². The molecule has 0 radical (unpaired) electrons. The summed E-state index contributed by atoms with van der Waals surface area (Å²) in [6.07, 6.45) is 7.22. The predicted molar refractivity (Wildman–Crippen MR) is 82.8 cm³/mol. The molecule has 3 rings (SSSR count). The molecule has 1 fully saturated rings. The molecule has 1 heterocycles. The van der Waals surface area contributed by atoms with Crippen molar-refractivity contribution < 1.29 is 4.74 Å². The van der Waals surface area contributed by atoms with Gasteiger partial charge in [-0.1, -0.05) is 29.8 Å². The van der Waals surface area contributed by atoms with Gasteiger partial charge in [-0.05, 0) is 57.8 Å². The first-order valence-corrected chi connectivity index (χ1v) is 7.83. The van der Waals surface area contributed by atoms with Crippen molar-refractivity contribution in [1.82, 2.24) is 4.90 Å². The van der Waals surface area contributed by atoms with Crippen molar-refractivity contribution in [2.75, 3.05) is 20.2 Å². The van der Waals surface area contributed by atoms with Gasteiger partial charge in [-0.2, -0.15) is 0 Å². The molecule has 0 unspecified atom stereocenters. The Hall–Kier alpha value is -1.28. The highest BCUT2D eigenvalue weighted by atomic mass is 16.5. The zero-order valence-corrected chi connectivity index (χ0v) is 12.6. The summed E-state index contributed by atoms with van der Waals surface area (Å²) in [5.74, 6) is 1.68. The van der Waals surface area contributed by atoms with Crippen LogP contribution in [0.3, 0.4) is 0 Å². The molecule has 0 aromatic heterocycles. The highest BCUT2D eigenvalue weighted by molar-refractivity contribution is 5.31. The molecule has 1 saturated heterocycles. The minimum absolute atomic E-state index is 0.474. The van der Waals surface area contributed by atoms with Crippen molar-refractivity contribution in [3.05, 3.63) is 47.2 Å². The molecule has 2 nitrogen and oxygen atoms in total. The van der Waals surface area contributed by atoms with Crippen LogP contribution in [0.25, 0.3) is 0 Å². The Labute approximate surface area is 122 Å². The van der Waals surface area contributed by atoms with Gasteiger partial charge in [-0.25, -0.2) is 0 Å². The van der Waals surface area contributed by atoms with Gasteiger partial charge in [0.05, 0.1) is 5.76 Å². The van der Waals surface area contributed by atoms with E-state index in [2.05, 4.69) is 49.2 Å². The van der Waals surface area contributed by atoms with E-state index in [1.165, 1.54) is 42.7 Å². The van der Waals surface area contributed by atoms with Crippen LogP contribution in [0.15, 0.2) is 36.1 Å². The largest absolute Gasteiger partial charge is 0.496 e. The highest BCUT2D eigenvalue weighted by Crippen LogP contribution is 2.36. The Kier molecular flexibility index (Phi) is 4.11. The Balaban J connectivity index is 1.62. The fourth-order valence-electron chi connectivity index (χ4n) is 3.35. The molecule has 2 aliphatic rings. The summed E-state index contributed by atoms with van der Waals surface area (Å²) >= 11 is 0. The average molecular weight is 271 g/mol. The second kappa shape index (κ2) is 6.01. The van der Waals surface area contributed by atoms with E-state index in [1.54, 1.807) is 0 Å². The molecule has 0 bridgehead atoms. The molecular formula is C18H25NO. The van der Waals surface area contributed by atoms with E-state index in [0.29, 0.717) is 12.0 Å². The molecular weight excluding hydrogens is 246 g/mol. The number of hydrogen-bond acceptors (Lipinski definition) is 2. The molecule has 2 atom stereocenters. The van der Waals surface area contributed by atoms with Crippen LogP contribution in [0.2, 0.25) is 0 Å². The maximum absolute atomic E-state index is 6.17. The van der Waals surface area contributed by atoms with Crippen LogP contribution in [0.4, 0.5) is 0 Å². The number of aryl methyl sites for hydroxylation is 1. The zero-order chi connectivity index (χ0) is 13.9. The van der Waals surface area contributed by atoms with E-state index in [9.17, 15) is 0 Å². The standard InChI is InChI=1S/C18H25NO/c1-14-8-10-15(11-9-14)17-6-3-7-18(17)20-13-16-5-4-12-19(16)2/h7-11,16-17H,3-6,12-13H2,1-2H3/t16-,17+/m0/s1. The number of likely N-dealkylation sites (tertiary alicyclic amines) is 1. The van der Waals surface area contributed by atoms with Gasteiger partial charge in [-0.3, -0.25) is 0 Å². The van der Waals surface area contributed by atoms with Crippen LogP contribution in [0.1, 0.15) is 42.7 Å². The third-order valence-corrected chi connectivity index (χ3v) is 4.74. The van der Waals surface area contributed by atoms with Crippen LogP contribution in [-0.2, 0) is 4.74 Å². The number of rotatable bonds is 4.